The number of nitrogens with zero attached hydrogens (tertiary/aromatic N) is 3. The summed E-state index contributed by atoms with van der Waals surface area (Å²) in [5.74, 6) is 0.252. The van der Waals surface area contributed by atoms with E-state index < -0.39 is 0 Å². The second kappa shape index (κ2) is 5.20. The average molecular weight is 231 g/mol. The largest absolute Gasteiger partial charge is 0.305 e. The normalized spacial score (nSPS) is 10.2. The van der Waals surface area contributed by atoms with E-state index in [1.807, 2.05) is 6.07 Å². The molecule has 0 atom stereocenters. The van der Waals surface area contributed by atoms with E-state index in [0.717, 1.165) is 18.5 Å². The van der Waals surface area contributed by atoms with Gasteiger partial charge in [-0.1, -0.05) is 13.3 Å². The topological polar surface area (TPSA) is 83.6 Å². The van der Waals surface area contributed by atoms with Gasteiger partial charge >= 0.3 is 0 Å². The van der Waals surface area contributed by atoms with Gasteiger partial charge in [0.1, 0.15) is 6.33 Å². The van der Waals surface area contributed by atoms with Crippen LogP contribution in [0, 0.1) is 0 Å². The summed E-state index contributed by atoms with van der Waals surface area (Å²) in [6, 6.07) is 1.82. The zero-order valence-electron chi connectivity index (χ0n) is 9.47. The maximum Gasteiger partial charge on any atom is 0.260 e. The second-order valence-corrected chi connectivity index (χ2v) is 3.61. The third kappa shape index (κ3) is 2.87. The first kappa shape index (κ1) is 11.3. The minimum atomic E-state index is -0.264. The van der Waals surface area contributed by atoms with Crippen molar-refractivity contribution < 1.29 is 4.79 Å². The standard InChI is InChI=1S/C11H13N5O/c1-2-3-9-4-10(16-15-9)14-11(17)8-5-12-7-13-6-8/h4-7H,2-3H2,1H3,(H2,14,15,16,17). The minimum Gasteiger partial charge on any atom is -0.305 e. The first-order valence-corrected chi connectivity index (χ1v) is 5.40. The lowest BCUT2D eigenvalue weighted by Crippen LogP contribution is -2.12. The van der Waals surface area contributed by atoms with E-state index in [4.69, 9.17) is 0 Å². The molecule has 0 bridgehead atoms. The maximum absolute atomic E-state index is 11.7. The van der Waals surface area contributed by atoms with Crippen LogP contribution in [-0.2, 0) is 6.42 Å². The fraction of sp³-hybridized carbons (Fsp3) is 0.273. The van der Waals surface area contributed by atoms with Gasteiger partial charge in [-0.2, -0.15) is 5.10 Å². The van der Waals surface area contributed by atoms with Gasteiger partial charge in [0.15, 0.2) is 5.82 Å². The Morgan fingerprint density at radius 3 is 2.88 bits per heavy atom. The molecule has 0 aliphatic rings. The van der Waals surface area contributed by atoms with E-state index in [0.29, 0.717) is 11.4 Å². The number of H-pyrrole nitrogens is 1. The molecule has 0 saturated carbocycles. The van der Waals surface area contributed by atoms with Crippen molar-refractivity contribution in [2.24, 2.45) is 0 Å². The number of carbonyl (C=O) groups is 1. The summed E-state index contributed by atoms with van der Waals surface area (Å²) in [6.45, 7) is 2.08. The number of hydrogen-bond donors (Lipinski definition) is 2. The van der Waals surface area contributed by atoms with Crippen LogP contribution in [0.2, 0.25) is 0 Å². The molecule has 0 fully saturated rings. The zero-order valence-corrected chi connectivity index (χ0v) is 9.47. The number of nitrogens with one attached hydrogen (secondary N) is 2. The van der Waals surface area contributed by atoms with E-state index in [2.05, 4.69) is 32.4 Å². The van der Waals surface area contributed by atoms with E-state index >= 15 is 0 Å². The maximum atomic E-state index is 11.7. The number of amides is 1. The molecule has 6 heteroatoms. The number of hydrogen-bond acceptors (Lipinski definition) is 4. The molecule has 0 aliphatic carbocycles. The van der Waals surface area contributed by atoms with E-state index in [1.54, 1.807) is 0 Å². The second-order valence-electron chi connectivity index (χ2n) is 3.61. The Morgan fingerprint density at radius 2 is 2.18 bits per heavy atom. The monoisotopic (exact) mass is 231 g/mol. The molecule has 1 amide bonds. The first-order valence-electron chi connectivity index (χ1n) is 5.40. The Balaban J connectivity index is 2.03. The Kier molecular flexibility index (Phi) is 3.44. The molecule has 17 heavy (non-hydrogen) atoms. The molecular weight excluding hydrogens is 218 g/mol. The Labute approximate surface area is 98.5 Å². The molecule has 2 rings (SSSR count). The van der Waals surface area contributed by atoms with Crippen LogP contribution in [0.15, 0.2) is 24.8 Å². The molecule has 0 aromatic carbocycles. The highest BCUT2D eigenvalue weighted by atomic mass is 16.1. The highest BCUT2D eigenvalue weighted by Gasteiger charge is 2.08. The van der Waals surface area contributed by atoms with Gasteiger partial charge in [-0.3, -0.25) is 9.89 Å². The van der Waals surface area contributed by atoms with Crippen LogP contribution in [-0.4, -0.2) is 26.1 Å². The van der Waals surface area contributed by atoms with Crippen molar-refractivity contribution in [1.29, 1.82) is 0 Å². The summed E-state index contributed by atoms with van der Waals surface area (Å²) >= 11 is 0. The van der Waals surface area contributed by atoms with Gasteiger partial charge in [-0.05, 0) is 6.42 Å². The van der Waals surface area contributed by atoms with Crippen molar-refractivity contribution in [1.82, 2.24) is 20.2 Å². The molecule has 0 saturated heterocycles. The lowest BCUT2D eigenvalue weighted by atomic mass is 10.2. The SMILES string of the molecule is CCCc1cc(NC(=O)c2cncnc2)n[nH]1. The summed E-state index contributed by atoms with van der Waals surface area (Å²) in [6.07, 6.45) is 6.24. The van der Waals surface area contributed by atoms with Crippen LogP contribution < -0.4 is 5.32 Å². The fourth-order valence-electron chi connectivity index (χ4n) is 1.43. The van der Waals surface area contributed by atoms with Crippen molar-refractivity contribution in [3.05, 3.63) is 36.0 Å². The van der Waals surface area contributed by atoms with Crippen molar-refractivity contribution in [2.45, 2.75) is 19.8 Å². The third-order valence-electron chi connectivity index (χ3n) is 2.21. The summed E-state index contributed by atoms with van der Waals surface area (Å²) < 4.78 is 0. The van der Waals surface area contributed by atoms with Gasteiger partial charge in [0.25, 0.3) is 5.91 Å². The van der Waals surface area contributed by atoms with Crippen LogP contribution in [0.3, 0.4) is 0 Å². The summed E-state index contributed by atoms with van der Waals surface area (Å²) in [5.41, 5.74) is 1.42. The highest BCUT2D eigenvalue weighted by Crippen LogP contribution is 2.08. The third-order valence-corrected chi connectivity index (χ3v) is 2.21. The van der Waals surface area contributed by atoms with Crippen molar-refractivity contribution >= 4 is 11.7 Å². The number of aromatic amines is 1. The van der Waals surface area contributed by atoms with Crippen LogP contribution in [0.1, 0.15) is 29.4 Å². The van der Waals surface area contributed by atoms with Gasteiger partial charge in [0, 0.05) is 24.2 Å². The molecule has 2 N–H and O–H groups in total. The molecule has 0 spiro atoms. The number of carbonyl (C=O) groups excluding carboxylic acids is 1. The number of anilines is 1. The predicted molar refractivity (Wildman–Crippen MR) is 62.6 cm³/mol. The Bertz CT molecular complexity index is 494. The van der Waals surface area contributed by atoms with Crippen LogP contribution in [0.5, 0.6) is 0 Å². The van der Waals surface area contributed by atoms with Crippen LogP contribution in [0.4, 0.5) is 5.82 Å². The lowest BCUT2D eigenvalue weighted by molar-refractivity contribution is 0.102. The van der Waals surface area contributed by atoms with Gasteiger partial charge in [0.05, 0.1) is 5.56 Å². The van der Waals surface area contributed by atoms with E-state index in [1.165, 1.54) is 18.7 Å². The first-order chi connectivity index (χ1) is 8.29. The number of rotatable bonds is 4. The van der Waals surface area contributed by atoms with Gasteiger partial charge in [-0.25, -0.2) is 9.97 Å². The number of aromatic nitrogens is 4. The quantitative estimate of drug-likeness (QED) is 0.833. The highest BCUT2D eigenvalue weighted by molar-refractivity contribution is 6.03. The molecule has 88 valence electrons. The smallest absolute Gasteiger partial charge is 0.260 e. The average Bonchev–Trinajstić information content (AvgIpc) is 2.78. The molecule has 2 aromatic rings. The van der Waals surface area contributed by atoms with Crippen molar-refractivity contribution in [2.75, 3.05) is 5.32 Å². The molecule has 2 heterocycles. The molecule has 0 aliphatic heterocycles. The Hall–Kier alpha value is -2.24. The molecule has 2 aromatic heterocycles. The van der Waals surface area contributed by atoms with Crippen LogP contribution >= 0.6 is 0 Å². The van der Waals surface area contributed by atoms with Gasteiger partial charge < -0.3 is 5.32 Å². The molecule has 0 radical (unpaired) electrons. The zero-order chi connectivity index (χ0) is 12.1. The van der Waals surface area contributed by atoms with Crippen LogP contribution in [0.25, 0.3) is 0 Å². The molecule has 6 nitrogen and oxygen atoms in total. The Morgan fingerprint density at radius 1 is 1.41 bits per heavy atom. The van der Waals surface area contributed by atoms with E-state index in [9.17, 15) is 4.79 Å². The predicted octanol–water partition coefficient (Wildman–Crippen LogP) is 1.40. The summed E-state index contributed by atoms with van der Waals surface area (Å²) in [7, 11) is 0. The van der Waals surface area contributed by atoms with Crippen molar-refractivity contribution in [3.8, 4) is 0 Å². The fourth-order valence-corrected chi connectivity index (χ4v) is 1.43. The lowest BCUT2D eigenvalue weighted by Gasteiger charge is -1.99. The van der Waals surface area contributed by atoms with E-state index in [-0.39, 0.29) is 5.91 Å². The van der Waals surface area contributed by atoms with Crippen molar-refractivity contribution in [3.63, 3.8) is 0 Å². The summed E-state index contributed by atoms with van der Waals surface area (Å²) in [4.78, 5) is 19.3. The van der Waals surface area contributed by atoms with Gasteiger partial charge in [0.2, 0.25) is 0 Å². The molecule has 0 unspecified atom stereocenters. The minimum absolute atomic E-state index is 0.264. The summed E-state index contributed by atoms with van der Waals surface area (Å²) in [5, 5.41) is 9.55. The number of aryl methyl sites for hydroxylation is 1. The molecular formula is C11H13N5O. The van der Waals surface area contributed by atoms with Gasteiger partial charge in [-0.15, -0.1) is 0 Å².